The van der Waals surface area contributed by atoms with Gasteiger partial charge in [0.2, 0.25) is 5.91 Å². The van der Waals surface area contributed by atoms with Crippen LogP contribution in [0.4, 0.5) is 5.69 Å². The summed E-state index contributed by atoms with van der Waals surface area (Å²) in [6.45, 7) is 1.99. The van der Waals surface area contributed by atoms with E-state index in [0.29, 0.717) is 5.56 Å². The molecular formula is C18H16N2O2. The van der Waals surface area contributed by atoms with Crippen LogP contribution in [0.25, 0.3) is 10.9 Å². The fourth-order valence-corrected chi connectivity index (χ4v) is 2.34. The van der Waals surface area contributed by atoms with Gasteiger partial charge in [-0.1, -0.05) is 35.9 Å². The maximum atomic E-state index is 12.1. The van der Waals surface area contributed by atoms with E-state index in [2.05, 4.69) is 10.3 Å². The molecule has 1 aromatic heterocycles. The number of fused-ring (bicyclic) bond motifs is 1. The number of hydrogen-bond acceptors (Lipinski definition) is 2. The molecule has 0 saturated heterocycles. The fourth-order valence-electron chi connectivity index (χ4n) is 2.34. The minimum absolute atomic E-state index is 0.0496. The van der Waals surface area contributed by atoms with Crippen molar-refractivity contribution in [1.29, 1.82) is 0 Å². The first-order valence-corrected chi connectivity index (χ1v) is 7.09. The normalized spacial score (nSPS) is 10.6. The van der Waals surface area contributed by atoms with Crippen molar-refractivity contribution in [2.45, 2.75) is 13.3 Å². The van der Waals surface area contributed by atoms with E-state index in [9.17, 15) is 9.59 Å². The third-order valence-electron chi connectivity index (χ3n) is 3.52. The van der Waals surface area contributed by atoms with Crippen molar-refractivity contribution in [3.8, 4) is 0 Å². The predicted molar refractivity (Wildman–Crippen MR) is 88.1 cm³/mol. The third kappa shape index (κ3) is 3.06. The predicted octanol–water partition coefficient (Wildman–Crippen LogP) is 3.02. The molecule has 0 saturated carbocycles. The van der Waals surface area contributed by atoms with E-state index in [0.717, 1.165) is 22.2 Å². The number of pyridine rings is 1. The van der Waals surface area contributed by atoms with Gasteiger partial charge < -0.3 is 10.3 Å². The minimum atomic E-state index is -0.224. The maximum absolute atomic E-state index is 12.1. The number of hydrogen-bond donors (Lipinski definition) is 2. The first kappa shape index (κ1) is 14.1. The lowest BCUT2D eigenvalue weighted by Gasteiger charge is -2.06. The summed E-state index contributed by atoms with van der Waals surface area (Å²) in [6, 6.07) is 16.8. The lowest BCUT2D eigenvalue weighted by Crippen LogP contribution is -2.21. The standard InChI is InChI=1S/C18H16N2O2/c1-12-6-8-15(9-7-12)19-17(21)11-14-10-13-4-2-3-5-16(13)20-18(14)22/h2-10H,11H2,1H3,(H,19,21)(H,20,22). The summed E-state index contributed by atoms with van der Waals surface area (Å²) in [5.41, 5.74) is 2.87. The van der Waals surface area contributed by atoms with Crippen molar-refractivity contribution in [3.63, 3.8) is 0 Å². The summed E-state index contributed by atoms with van der Waals surface area (Å²) in [7, 11) is 0. The summed E-state index contributed by atoms with van der Waals surface area (Å²) in [6.07, 6.45) is 0.0496. The molecular weight excluding hydrogens is 276 g/mol. The van der Waals surface area contributed by atoms with Crippen molar-refractivity contribution >= 4 is 22.5 Å². The highest BCUT2D eigenvalue weighted by Gasteiger charge is 2.09. The number of nitrogens with one attached hydrogen (secondary N) is 2. The Morgan fingerprint density at radius 2 is 1.82 bits per heavy atom. The Bertz CT molecular complexity index is 879. The van der Waals surface area contributed by atoms with Crippen LogP contribution in [0.3, 0.4) is 0 Å². The molecule has 0 spiro atoms. The van der Waals surface area contributed by atoms with E-state index < -0.39 is 0 Å². The number of aryl methyl sites for hydroxylation is 1. The monoisotopic (exact) mass is 292 g/mol. The van der Waals surface area contributed by atoms with Crippen LogP contribution < -0.4 is 10.9 Å². The zero-order valence-electron chi connectivity index (χ0n) is 12.2. The number of H-pyrrole nitrogens is 1. The zero-order valence-corrected chi connectivity index (χ0v) is 12.2. The molecule has 4 nitrogen and oxygen atoms in total. The van der Waals surface area contributed by atoms with Gasteiger partial charge in [-0.2, -0.15) is 0 Å². The number of rotatable bonds is 3. The van der Waals surface area contributed by atoms with Crippen LogP contribution in [0.1, 0.15) is 11.1 Å². The Kier molecular flexibility index (Phi) is 3.74. The second-order valence-corrected chi connectivity index (χ2v) is 5.30. The molecule has 110 valence electrons. The number of carbonyl (C=O) groups is 1. The summed E-state index contributed by atoms with van der Waals surface area (Å²) in [5, 5.41) is 3.72. The van der Waals surface area contributed by atoms with E-state index >= 15 is 0 Å². The second kappa shape index (κ2) is 5.85. The average molecular weight is 292 g/mol. The van der Waals surface area contributed by atoms with Crippen molar-refractivity contribution in [2.24, 2.45) is 0 Å². The quantitative estimate of drug-likeness (QED) is 0.779. The van der Waals surface area contributed by atoms with E-state index in [1.165, 1.54) is 0 Å². The molecule has 0 atom stereocenters. The van der Waals surface area contributed by atoms with Crippen molar-refractivity contribution in [2.75, 3.05) is 5.32 Å². The average Bonchev–Trinajstić information content (AvgIpc) is 2.50. The Balaban J connectivity index is 1.80. The number of aromatic nitrogens is 1. The van der Waals surface area contributed by atoms with Gasteiger partial charge in [-0.15, -0.1) is 0 Å². The van der Waals surface area contributed by atoms with Crippen LogP contribution in [0.5, 0.6) is 0 Å². The smallest absolute Gasteiger partial charge is 0.252 e. The molecule has 22 heavy (non-hydrogen) atoms. The number of carbonyl (C=O) groups excluding carboxylic acids is 1. The van der Waals surface area contributed by atoms with Crippen LogP contribution in [0.15, 0.2) is 59.4 Å². The van der Waals surface area contributed by atoms with Crippen molar-refractivity contribution in [1.82, 2.24) is 4.98 Å². The fraction of sp³-hybridized carbons (Fsp3) is 0.111. The molecule has 4 heteroatoms. The summed E-state index contributed by atoms with van der Waals surface area (Å²) in [5.74, 6) is -0.204. The maximum Gasteiger partial charge on any atom is 0.252 e. The molecule has 0 bridgehead atoms. The number of para-hydroxylation sites is 1. The summed E-state index contributed by atoms with van der Waals surface area (Å²) >= 11 is 0. The number of aromatic amines is 1. The van der Waals surface area contributed by atoms with Gasteiger partial charge in [0.25, 0.3) is 5.56 Å². The van der Waals surface area contributed by atoms with Gasteiger partial charge in [-0.3, -0.25) is 9.59 Å². The molecule has 1 heterocycles. The Morgan fingerprint density at radius 3 is 2.59 bits per heavy atom. The van der Waals surface area contributed by atoms with Crippen LogP contribution in [0.2, 0.25) is 0 Å². The highest BCUT2D eigenvalue weighted by Crippen LogP contribution is 2.12. The van der Waals surface area contributed by atoms with Gasteiger partial charge in [0.05, 0.1) is 6.42 Å². The van der Waals surface area contributed by atoms with Gasteiger partial charge in [0, 0.05) is 16.8 Å². The topological polar surface area (TPSA) is 62.0 Å². The number of amides is 1. The highest BCUT2D eigenvalue weighted by atomic mass is 16.2. The molecule has 0 aliphatic carbocycles. The molecule has 2 N–H and O–H groups in total. The van der Waals surface area contributed by atoms with Gasteiger partial charge in [0.1, 0.15) is 0 Å². The van der Waals surface area contributed by atoms with Gasteiger partial charge in [-0.05, 0) is 36.6 Å². The van der Waals surface area contributed by atoms with E-state index in [4.69, 9.17) is 0 Å². The second-order valence-electron chi connectivity index (χ2n) is 5.30. The Hall–Kier alpha value is -2.88. The molecule has 2 aromatic carbocycles. The largest absolute Gasteiger partial charge is 0.326 e. The first-order chi connectivity index (χ1) is 10.6. The summed E-state index contributed by atoms with van der Waals surface area (Å²) in [4.78, 5) is 26.9. The van der Waals surface area contributed by atoms with Crippen LogP contribution in [-0.2, 0) is 11.2 Å². The van der Waals surface area contributed by atoms with Crippen molar-refractivity contribution < 1.29 is 4.79 Å². The SMILES string of the molecule is Cc1ccc(NC(=O)Cc2cc3ccccc3[nH]c2=O)cc1. The molecule has 0 aliphatic rings. The molecule has 3 aromatic rings. The Labute approximate surface area is 127 Å². The molecule has 1 amide bonds. The van der Waals surface area contributed by atoms with E-state index in [1.54, 1.807) is 6.07 Å². The molecule has 0 aliphatic heterocycles. The third-order valence-corrected chi connectivity index (χ3v) is 3.52. The highest BCUT2D eigenvalue weighted by molar-refractivity contribution is 5.92. The minimum Gasteiger partial charge on any atom is -0.326 e. The molecule has 0 unspecified atom stereocenters. The van der Waals surface area contributed by atoms with Gasteiger partial charge >= 0.3 is 0 Å². The van der Waals surface area contributed by atoms with Crippen LogP contribution >= 0.6 is 0 Å². The van der Waals surface area contributed by atoms with Crippen molar-refractivity contribution in [3.05, 3.63) is 76.1 Å². The van der Waals surface area contributed by atoms with Crippen LogP contribution in [0, 0.1) is 6.92 Å². The summed E-state index contributed by atoms with van der Waals surface area (Å²) < 4.78 is 0. The first-order valence-electron chi connectivity index (χ1n) is 7.09. The molecule has 0 radical (unpaired) electrons. The van der Waals surface area contributed by atoms with Gasteiger partial charge in [-0.25, -0.2) is 0 Å². The molecule has 3 rings (SSSR count). The lowest BCUT2D eigenvalue weighted by molar-refractivity contribution is -0.115. The van der Waals surface area contributed by atoms with E-state index in [-0.39, 0.29) is 17.9 Å². The number of anilines is 1. The van der Waals surface area contributed by atoms with Crippen LogP contribution in [-0.4, -0.2) is 10.9 Å². The Morgan fingerprint density at radius 1 is 1.09 bits per heavy atom. The van der Waals surface area contributed by atoms with Gasteiger partial charge in [0.15, 0.2) is 0 Å². The number of benzene rings is 2. The van der Waals surface area contributed by atoms with E-state index in [1.807, 2.05) is 55.5 Å². The lowest BCUT2D eigenvalue weighted by atomic mass is 10.1. The molecule has 0 fully saturated rings. The zero-order chi connectivity index (χ0) is 15.5.